The van der Waals surface area contributed by atoms with E-state index in [1.807, 2.05) is 48.5 Å². The van der Waals surface area contributed by atoms with E-state index < -0.39 is 6.10 Å². The summed E-state index contributed by atoms with van der Waals surface area (Å²) >= 11 is 0. The van der Waals surface area contributed by atoms with Gasteiger partial charge in [0.05, 0.1) is 11.7 Å². The maximum atomic E-state index is 12.7. The van der Waals surface area contributed by atoms with Crippen molar-refractivity contribution in [2.24, 2.45) is 0 Å². The quantitative estimate of drug-likeness (QED) is 0.731. The molecule has 2 aromatic rings. The topological polar surface area (TPSA) is 52.6 Å². The Morgan fingerprint density at radius 1 is 1.21 bits per heavy atom. The monoisotopic (exact) mass is 324 g/mol. The second-order valence-corrected chi connectivity index (χ2v) is 5.66. The number of carbonyl (C=O) groups excluding carboxylic acids is 1. The lowest BCUT2D eigenvalue weighted by molar-refractivity contribution is 0.0762. The van der Waals surface area contributed by atoms with Crippen molar-refractivity contribution in [1.82, 2.24) is 4.90 Å². The fourth-order valence-corrected chi connectivity index (χ4v) is 2.47. The van der Waals surface area contributed by atoms with E-state index >= 15 is 0 Å². The van der Waals surface area contributed by atoms with E-state index in [1.165, 1.54) is 0 Å². The van der Waals surface area contributed by atoms with E-state index in [4.69, 9.17) is 0 Å². The number of anilines is 1. The van der Waals surface area contributed by atoms with Crippen LogP contribution in [0.1, 0.15) is 28.4 Å². The number of nitrogens with one attached hydrogen (secondary N) is 1. The number of hydrogen-bond donors (Lipinski definition) is 2. The summed E-state index contributed by atoms with van der Waals surface area (Å²) in [6.45, 7) is 4.75. The van der Waals surface area contributed by atoms with Crippen LogP contribution in [0, 0.1) is 0 Å². The summed E-state index contributed by atoms with van der Waals surface area (Å²) in [5.74, 6) is -0.0672. The lowest BCUT2D eigenvalue weighted by Crippen LogP contribution is -2.29. The third-order valence-corrected chi connectivity index (χ3v) is 3.86. The Morgan fingerprint density at radius 3 is 2.58 bits per heavy atom. The van der Waals surface area contributed by atoms with Crippen molar-refractivity contribution in [1.29, 1.82) is 0 Å². The van der Waals surface area contributed by atoms with Gasteiger partial charge in [0.1, 0.15) is 0 Å². The molecular formula is C20H24N2O2. The molecule has 2 N–H and O–H groups in total. The summed E-state index contributed by atoms with van der Waals surface area (Å²) in [5, 5.41) is 13.4. The molecule has 0 aliphatic heterocycles. The van der Waals surface area contributed by atoms with E-state index in [2.05, 4.69) is 11.9 Å². The second kappa shape index (κ2) is 8.89. The van der Waals surface area contributed by atoms with Crippen molar-refractivity contribution in [3.63, 3.8) is 0 Å². The van der Waals surface area contributed by atoms with E-state index in [0.717, 1.165) is 11.3 Å². The molecule has 126 valence electrons. The lowest BCUT2D eigenvalue weighted by Gasteiger charge is -2.21. The third-order valence-electron chi connectivity index (χ3n) is 3.86. The van der Waals surface area contributed by atoms with Gasteiger partial charge in [-0.25, -0.2) is 0 Å². The molecule has 0 spiro atoms. The van der Waals surface area contributed by atoms with Crippen LogP contribution in [0.4, 0.5) is 5.69 Å². The molecule has 0 radical (unpaired) electrons. The molecule has 1 atom stereocenters. The summed E-state index contributed by atoms with van der Waals surface area (Å²) in [6.07, 6.45) is 1.67. The first-order valence-electron chi connectivity index (χ1n) is 8.05. The van der Waals surface area contributed by atoms with E-state index in [1.54, 1.807) is 24.1 Å². The maximum Gasteiger partial charge on any atom is 0.255 e. The number of nitrogens with zero attached hydrogens (tertiary/aromatic N) is 1. The molecule has 24 heavy (non-hydrogen) atoms. The Balaban J connectivity index is 1.98. The fourth-order valence-electron chi connectivity index (χ4n) is 2.47. The summed E-state index contributed by atoms with van der Waals surface area (Å²) in [6, 6.07) is 16.9. The zero-order valence-corrected chi connectivity index (χ0v) is 14.0. The second-order valence-electron chi connectivity index (χ2n) is 5.66. The molecular weight excluding hydrogens is 300 g/mol. The van der Waals surface area contributed by atoms with Crippen LogP contribution < -0.4 is 5.32 Å². The Hall–Kier alpha value is -2.59. The number of carbonyl (C=O) groups is 1. The number of aliphatic hydroxyl groups excluding tert-OH is 1. The van der Waals surface area contributed by atoms with E-state index in [0.29, 0.717) is 25.1 Å². The molecule has 4 heteroatoms. The highest BCUT2D eigenvalue weighted by Gasteiger charge is 2.16. The maximum absolute atomic E-state index is 12.7. The van der Waals surface area contributed by atoms with Crippen molar-refractivity contribution in [2.75, 3.05) is 25.5 Å². The van der Waals surface area contributed by atoms with Gasteiger partial charge in [-0.05, 0) is 24.1 Å². The SMILES string of the molecule is C=CCNc1ccccc1C(=O)N(C)CC[C@H](O)c1ccccc1. The van der Waals surface area contributed by atoms with Crippen LogP contribution in [0.25, 0.3) is 0 Å². The van der Waals surface area contributed by atoms with Gasteiger partial charge in [0.25, 0.3) is 5.91 Å². The Labute approximate surface area is 143 Å². The zero-order valence-electron chi connectivity index (χ0n) is 14.0. The largest absolute Gasteiger partial charge is 0.388 e. The first-order chi connectivity index (χ1) is 11.6. The zero-order chi connectivity index (χ0) is 17.4. The first-order valence-corrected chi connectivity index (χ1v) is 8.05. The number of hydrogen-bond acceptors (Lipinski definition) is 3. The van der Waals surface area contributed by atoms with Crippen LogP contribution in [0.2, 0.25) is 0 Å². The molecule has 2 aromatic carbocycles. The molecule has 0 saturated carbocycles. The van der Waals surface area contributed by atoms with Crippen LogP contribution in [-0.4, -0.2) is 36.1 Å². The minimum Gasteiger partial charge on any atom is -0.388 e. The predicted octanol–water partition coefficient (Wildman–Crippen LogP) is 3.48. The molecule has 0 fully saturated rings. The summed E-state index contributed by atoms with van der Waals surface area (Å²) in [7, 11) is 1.75. The van der Waals surface area contributed by atoms with Crippen LogP contribution in [0.3, 0.4) is 0 Å². The summed E-state index contributed by atoms with van der Waals surface area (Å²) < 4.78 is 0. The van der Waals surface area contributed by atoms with Gasteiger partial charge in [-0.3, -0.25) is 4.79 Å². The molecule has 0 aliphatic carbocycles. The fraction of sp³-hybridized carbons (Fsp3) is 0.250. The van der Waals surface area contributed by atoms with Crippen molar-refractivity contribution in [2.45, 2.75) is 12.5 Å². The minimum atomic E-state index is -0.574. The van der Waals surface area contributed by atoms with Gasteiger partial charge in [-0.1, -0.05) is 48.5 Å². The van der Waals surface area contributed by atoms with Gasteiger partial charge < -0.3 is 15.3 Å². The number of amides is 1. The van der Waals surface area contributed by atoms with Gasteiger partial charge in [0.15, 0.2) is 0 Å². The molecule has 0 aromatic heterocycles. The molecule has 0 heterocycles. The van der Waals surface area contributed by atoms with Gasteiger partial charge in [-0.2, -0.15) is 0 Å². The first kappa shape index (κ1) is 17.8. The average Bonchev–Trinajstić information content (AvgIpc) is 2.64. The molecule has 1 amide bonds. The normalized spacial score (nSPS) is 11.6. The third kappa shape index (κ3) is 4.70. The molecule has 4 nitrogen and oxygen atoms in total. The Kier molecular flexibility index (Phi) is 6.58. The van der Waals surface area contributed by atoms with Gasteiger partial charge in [-0.15, -0.1) is 6.58 Å². The summed E-state index contributed by atoms with van der Waals surface area (Å²) in [4.78, 5) is 14.3. The molecule has 0 unspecified atom stereocenters. The highest BCUT2D eigenvalue weighted by atomic mass is 16.3. The molecule has 2 rings (SSSR count). The van der Waals surface area contributed by atoms with Crippen molar-refractivity contribution < 1.29 is 9.90 Å². The predicted molar refractivity (Wildman–Crippen MR) is 98.1 cm³/mol. The van der Waals surface area contributed by atoms with Gasteiger partial charge in [0.2, 0.25) is 0 Å². The number of rotatable bonds is 8. The number of para-hydroxylation sites is 1. The van der Waals surface area contributed by atoms with Crippen LogP contribution in [0.5, 0.6) is 0 Å². The average molecular weight is 324 g/mol. The Bertz CT molecular complexity index is 670. The van der Waals surface area contributed by atoms with Crippen LogP contribution in [0.15, 0.2) is 67.3 Å². The highest BCUT2D eigenvalue weighted by molar-refractivity contribution is 5.99. The van der Waals surface area contributed by atoms with Crippen LogP contribution >= 0.6 is 0 Å². The van der Waals surface area contributed by atoms with Gasteiger partial charge >= 0.3 is 0 Å². The van der Waals surface area contributed by atoms with Crippen molar-refractivity contribution >= 4 is 11.6 Å². The minimum absolute atomic E-state index is 0.0672. The molecule has 0 aliphatic rings. The standard InChI is InChI=1S/C20H24N2O2/c1-3-14-21-18-12-8-7-11-17(18)20(24)22(2)15-13-19(23)16-9-5-4-6-10-16/h3-12,19,21,23H,1,13-15H2,2H3/t19-/m0/s1. The highest BCUT2D eigenvalue weighted by Crippen LogP contribution is 2.19. The van der Waals surface area contributed by atoms with Gasteiger partial charge in [0, 0.05) is 25.8 Å². The Morgan fingerprint density at radius 2 is 1.88 bits per heavy atom. The van der Waals surface area contributed by atoms with Crippen LogP contribution in [-0.2, 0) is 0 Å². The molecule has 0 bridgehead atoms. The molecule has 0 saturated heterocycles. The van der Waals surface area contributed by atoms with Crippen molar-refractivity contribution in [3.8, 4) is 0 Å². The van der Waals surface area contributed by atoms with E-state index in [9.17, 15) is 9.90 Å². The smallest absolute Gasteiger partial charge is 0.255 e. The van der Waals surface area contributed by atoms with E-state index in [-0.39, 0.29) is 5.91 Å². The summed E-state index contributed by atoms with van der Waals surface area (Å²) in [5.41, 5.74) is 2.28. The number of benzene rings is 2. The van der Waals surface area contributed by atoms with Crippen molar-refractivity contribution in [3.05, 3.63) is 78.4 Å². The lowest BCUT2D eigenvalue weighted by atomic mass is 10.1. The number of aliphatic hydroxyl groups is 1.